The highest BCUT2D eigenvalue weighted by Gasteiger charge is 2.27. The Balaban J connectivity index is 1.65. The number of pyridine rings is 1. The second-order valence-electron chi connectivity index (χ2n) is 9.32. The third kappa shape index (κ3) is 3.94. The van der Waals surface area contributed by atoms with E-state index in [1.54, 1.807) is 11.1 Å². The topological polar surface area (TPSA) is 12.9 Å². The highest BCUT2D eigenvalue weighted by atomic mass is 31.1. The molecule has 0 saturated heterocycles. The second kappa shape index (κ2) is 9.24. The predicted octanol–water partition coefficient (Wildman–Crippen LogP) is 6.26. The van der Waals surface area contributed by atoms with Crippen molar-refractivity contribution in [3.8, 4) is 11.3 Å². The summed E-state index contributed by atoms with van der Waals surface area (Å²) in [4.78, 5) is 5.11. The van der Waals surface area contributed by atoms with Crippen LogP contribution in [0, 0.1) is 0 Å². The minimum Gasteiger partial charge on any atom is -0.256 e. The molecule has 0 amide bonds. The fourth-order valence-electron chi connectivity index (χ4n) is 5.73. The third-order valence-electron chi connectivity index (χ3n) is 7.29. The summed E-state index contributed by atoms with van der Waals surface area (Å²) in [7, 11) is -0.659. The first kappa shape index (κ1) is 20.8. The fraction of sp³-hybridized carbons (Fsp3) is 0.258. The van der Waals surface area contributed by atoms with E-state index in [1.807, 2.05) is 0 Å². The molecule has 2 aliphatic carbocycles. The molecule has 164 valence electrons. The quantitative estimate of drug-likeness (QED) is 0.336. The first-order valence-electron chi connectivity index (χ1n) is 12.4. The van der Waals surface area contributed by atoms with E-state index in [0.29, 0.717) is 0 Å². The molecule has 0 saturated carbocycles. The Kier molecular flexibility index (Phi) is 5.83. The van der Waals surface area contributed by atoms with Gasteiger partial charge in [0.25, 0.3) is 0 Å². The Morgan fingerprint density at radius 2 is 1.12 bits per heavy atom. The van der Waals surface area contributed by atoms with Crippen molar-refractivity contribution in [3.63, 3.8) is 0 Å². The van der Waals surface area contributed by atoms with Crippen molar-refractivity contribution in [3.05, 3.63) is 107 Å². The summed E-state index contributed by atoms with van der Waals surface area (Å²) >= 11 is 0. The smallest absolute Gasteiger partial charge is 0.0746 e. The second-order valence-corrected chi connectivity index (χ2v) is 11.5. The number of hydrogen-bond donors (Lipinski definition) is 0. The molecule has 0 fully saturated rings. The largest absolute Gasteiger partial charge is 0.256 e. The predicted molar refractivity (Wildman–Crippen MR) is 142 cm³/mol. The maximum Gasteiger partial charge on any atom is 0.0746 e. The average molecular weight is 448 g/mol. The van der Waals surface area contributed by atoms with Crippen molar-refractivity contribution < 1.29 is 0 Å². The van der Waals surface area contributed by atoms with Crippen LogP contribution >= 0.6 is 7.92 Å². The van der Waals surface area contributed by atoms with Gasteiger partial charge in [-0.05, 0) is 104 Å². The number of hydrogen-bond acceptors (Lipinski definition) is 1. The third-order valence-corrected chi connectivity index (χ3v) is 9.78. The molecule has 0 unspecified atom stereocenters. The molecule has 2 heteroatoms. The Labute approximate surface area is 198 Å². The molecule has 2 aliphatic rings. The van der Waals surface area contributed by atoms with Gasteiger partial charge in [0.1, 0.15) is 0 Å². The highest BCUT2D eigenvalue weighted by molar-refractivity contribution is 7.80. The maximum atomic E-state index is 5.11. The Morgan fingerprint density at radius 1 is 0.545 bits per heavy atom. The Bertz CT molecular complexity index is 1220. The number of rotatable bonds is 4. The number of nitrogens with zero attached hydrogens (tertiary/aromatic N) is 1. The van der Waals surface area contributed by atoms with Gasteiger partial charge in [-0.15, -0.1) is 0 Å². The number of aromatic nitrogens is 1. The van der Waals surface area contributed by atoms with Crippen LogP contribution in [0.2, 0.25) is 0 Å². The molecule has 0 bridgehead atoms. The summed E-state index contributed by atoms with van der Waals surface area (Å²) in [5, 5.41) is 4.32. The van der Waals surface area contributed by atoms with Crippen LogP contribution in [0.15, 0.2) is 85.1 Å². The molecule has 33 heavy (non-hydrogen) atoms. The molecular formula is C31H30NP. The molecule has 4 aromatic rings. The van der Waals surface area contributed by atoms with Gasteiger partial charge < -0.3 is 0 Å². The van der Waals surface area contributed by atoms with E-state index in [0.717, 1.165) is 6.42 Å². The zero-order chi connectivity index (χ0) is 22.0. The van der Waals surface area contributed by atoms with Gasteiger partial charge in [0.2, 0.25) is 0 Å². The van der Waals surface area contributed by atoms with E-state index >= 15 is 0 Å². The van der Waals surface area contributed by atoms with Crippen LogP contribution in [0.25, 0.3) is 11.3 Å². The van der Waals surface area contributed by atoms with Crippen LogP contribution in [0.1, 0.15) is 47.9 Å². The summed E-state index contributed by atoms with van der Waals surface area (Å²) in [6.45, 7) is 0. The van der Waals surface area contributed by atoms with Crippen LogP contribution in [0.4, 0.5) is 0 Å². The van der Waals surface area contributed by atoms with Gasteiger partial charge in [-0.1, -0.05) is 72.8 Å². The van der Waals surface area contributed by atoms with Crippen LogP contribution < -0.4 is 15.9 Å². The van der Waals surface area contributed by atoms with Gasteiger partial charge in [0.15, 0.2) is 0 Å². The van der Waals surface area contributed by atoms with E-state index in [2.05, 4.69) is 85.1 Å². The Hall–Kier alpha value is -2.76. The fourth-order valence-corrected chi connectivity index (χ4v) is 8.21. The summed E-state index contributed by atoms with van der Waals surface area (Å²) in [5.74, 6) is 0. The molecule has 1 nitrogen and oxygen atoms in total. The average Bonchev–Trinajstić information content (AvgIpc) is 2.90. The molecule has 6 rings (SSSR count). The van der Waals surface area contributed by atoms with Gasteiger partial charge in [-0.2, -0.15) is 0 Å². The zero-order valence-electron chi connectivity index (χ0n) is 19.1. The zero-order valence-corrected chi connectivity index (χ0v) is 20.0. The van der Waals surface area contributed by atoms with Gasteiger partial charge in [-0.3, -0.25) is 4.98 Å². The van der Waals surface area contributed by atoms with Crippen molar-refractivity contribution >= 4 is 23.8 Å². The first-order valence-corrected chi connectivity index (χ1v) is 13.8. The molecule has 1 heterocycles. The lowest BCUT2D eigenvalue weighted by molar-refractivity contribution is 0.679. The van der Waals surface area contributed by atoms with E-state index in [9.17, 15) is 0 Å². The number of aryl methyl sites for hydroxylation is 2. The summed E-state index contributed by atoms with van der Waals surface area (Å²) in [6.07, 6.45) is 12.0. The van der Waals surface area contributed by atoms with Crippen LogP contribution in [0.5, 0.6) is 0 Å². The number of benzene rings is 3. The van der Waals surface area contributed by atoms with Crippen molar-refractivity contribution in [2.45, 2.75) is 51.4 Å². The van der Waals surface area contributed by atoms with Gasteiger partial charge >= 0.3 is 0 Å². The number of fused-ring (bicyclic) bond motifs is 2. The lowest BCUT2D eigenvalue weighted by Gasteiger charge is -2.29. The molecule has 3 aromatic carbocycles. The SMILES string of the molecule is c1ccc(P(c2ccccc2)c2ccc3c(c2-c2nccc4c2CCCC4)CCCC3)cc1. The summed E-state index contributed by atoms with van der Waals surface area (Å²) in [5.41, 5.74) is 8.90. The van der Waals surface area contributed by atoms with E-state index in [-0.39, 0.29) is 0 Å². The maximum absolute atomic E-state index is 5.11. The summed E-state index contributed by atoms with van der Waals surface area (Å²) < 4.78 is 0. The standard InChI is InChI=1S/C31H30NP/c1-3-13-25(14-4-1)33(26-15-5-2-6-16-26)29-20-19-23-11-7-9-17-27(23)30(29)31-28-18-10-8-12-24(28)21-22-32-31/h1-6,13-16,19-22H,7-12,17-18H2. The highest BCUT2D eigenvalue weighted by Crippen LogP contribution is 2.42. The van der Waals surface area contributed by atoms with Gasteiger partial charge in [0, 0.05) is 11.8 Å². The van der Waals surface area contributed by atoms with Crippen LogP contribution in [0.3, 0.4) is 0 Å². The molecule has 0 aliphatic heterocycles. The molecular weight excluding hydrogens is 417 g/mol. The van der Waals surface area contributed by atoms with E-state index < -0.39 is 7.92 Å². The van der Waals surface area contributed by atoms with Crippen LogP contribution in [-0.4, -0.2) is 4.98 Å². The minimum atomic E-state index is -0.659. The normalized spacial score (nSPS) is 15.2. The first-order chi connectivity index (χ1) is 16.4. The molecule has 1 aromatic heterocycles. The van der Waals surface area contributed by atoms with Crippen molar-refractivity contribution in [1.82, 2.24) is 4.98 Å². The monoisotopic (exact) mass is 447 g/mol. The van der Waals surface area contributed by atoms with E-state index in [1.165, 1.54) is 83.2 Å². The molecule has 0 atom stereocenters. The van der Waals surface area contributed by atoms with Crippen molar-refractivity contribution in [2.24, 2.45) is 0 Å². The van der Waals surface area contributed by atoms with Gasteiger partial charge in [0.05, 0.1) is 5.69 Å². The summed E-state index contributed by atoms with van der Waals surface area (Å²) in [6, 6.07) is 29.4. The lowest BCUT2D eigenvalue weighted by atomic mass is 9.83. The lowest BCUT2D eigenvalue weighted by Crippen LogP contribution is -2.25. The minimum absolute atomic E-state index is 0.659. The van der Waals surface area contributed by atoms with Gasteiger partial charge in [-0.25, -0.2) is 0 Å². The van der Waals surface area contributed by atoms with Crippen LogP contribution in [-0.2, 0) is 25.7 Å². The van der Waals surface area contributed by atoms with E-state index in [4.69, 9.17) is 4.98 Å². The van der Waals surface area contributed by atoms with Crippen molar-refractivity contribution in [2.75, 3.05) is 0 Å². The van der Waals surface area contributed by atoms with Crippen molar-refractivity contribution in [1.29, 1.82) is 0 Å². The molecule has 0 spiro atoms. The Morgan fingerprint density at radius 3 is 1.79 bits per heavy atom. The molecule has 0 N–H and O–H groups in total. The molecule has 0 radical (unpaired) electrons.